The second-order valence-corrected chi connectivity index (χ2v) is 3.95. The van der Waals surface area contributed by atoms with E-state index in [2.05, 4.69) is 23.7 Å². The van der Waals surface area contributed by atoms with Crippen molar-refractivity contribution in [2.75, 3.05) is 0 Å². The van der Waals surface area contributed by atoms with Gasteiger partial charge >= 0.3 is 0 Å². The number of nitrogens with zero attached hydrogens (tertiary/aromatic N) is 3. The van der Waals surface area contributed by atoms with Crippen LogP contribution in [0.1, 0.15) is 32.2 Å². The predicted octanol–water partition coefficient (Wildman–Crippen LogP) is 3.35. The normalized spacial score (nSPS) is 12.8. The molecule has 0 aliphatic heterocycles. The number of benzene rings is 1. The molecular weight excluding hydrogens is 198 g/mol. The fourth-order valence-corrected chi connectivity index (χ4v) is 1.77. The third-order valence-electron chi connectivity index (χ3n) is 2.72. The lowest BCUT2D eigenvalue weighted by Crippen LogP contribution is -2.09. The van der Waals surface area contributed by atoms with E-state index in [1.165, 1.54) is 12.8 Å². The van der Waals surface area contributed by atoms with Crippen molar-refractivity contribution in [3.05, 3.63) is 36.9 Å². The molecule has 16 heavy (non-hydrogen) atoms. The maximum atomic E-state index is 4.47. The van der Waals surface area contributed by atoms with Crippen LogP contribution in [0.2, 0.25) is 0 Å². The second-order valence-electron chi connectivity index (χ2n) is 3.95. The Labute approximate surface area is 95.8 Å². The molecule has 1 heterocycles. The summed E-state index contributed by atoms with van der Waals surface area (Å²) in [5.41, 5.74) is 1.90. The highest BCUT2D eigenvalue weighted by Gasteiger charge is 2.09. The van der Waals surface area contributed by atoms with E-state index in [0.29, 0.717) is 0 Å². The quantitative estimate of drug-likeness (QED) is 0.716. The first-order valence-electron chi connectivity index (χ1n) is 5.79. The molecule has 0 N–H and O–H groups in total. The summed E-state index contributed by atoms with van der Waals surface area (Å²) in [5, 5.41) is 8.94. The van der Waals surface area contributed by atoms with Crippen LogP contribution >= 0.6 is 0 Å². The highest BCUT2D eigenvalue weighted by atomic mass is 15.5. The van der Waals surface area contributed by atoms with Crippen LogP contribution in [0.5, 0.6) is 0 Å². The van der Waals surface area contributed by atoms with Crippen LogP contribution in [0.3, 0.4) is 0 Å². The van der Waals surface area contributed by atoms with Gasteiger partial charge in [0, 0.05) is 0 Å². The van der Waals surface area contributed by atoms with Crippen molar-refractivity contribution < 1.29 is 0 Å². The topological polar surface area (TPSA) is 30.7 Å². The highest BCUT2D eigenvalue weighted by molar-refractivity contribution is 5.72. The van der Waals surface area contributed by atoms with Gasteiger partial charge in [0.15, 0.2) is 0 Å². The van der Waals surface area contributed by atoms with E-state index >= 15 is 0 Å². The molecule has 84 valence electrons. The van der Waals surface area contributed by atoms with Gasteiger partial charge in [-0.15, -0.1) is 6.58 Å². The lowest BCUT2D eigenvalue weighted by atomic mass is 10.1. The molecule has 1 aromatic carbocycles. The molecule has 1 unspecified atom stereocenters. The van der Waals surface area contributed by atoms with Crippen LogP contribution in [-0.4, -0.2) is 15.0 Å². The van der Waals surface area contributed by atoms with Crippen molar-refractivity contribution in [2.24, 2.45) is 0 Å². The van der Waals surface area contributed by atoms with E-state index in [4.69, 9.17) is 0 Å². The van der Waals surface area contributed by atoms with Crippen molar-refractivity contribution in [1.29, 1.82) is 0 Å². The zero-order valence-electron chi connectivity index (χ0n) is 9.63. The van der Waals surface area contributed by atoms with Gasteiger partial charge in [0.1, 0.15) is 11.0 Å². The number of rotatable bonds is 5. The third kappa shape index (κ3) is 2.13. The summed E-state index contributed by atoms with van der Waals surface area (Å²) in [6, 6.07) is 8.15. The summed E-state index contributed by atoms with van der Waals surface area (Å²) in [4.78, 5) is 1.79. The molecule has 0 fully saturated rings. The fraction of sp³-hybridized carbons (Fsp3) is 0.385. The number of unbranched alkanes of at least 4 members (excludes halogenated alkanes) is 1. The fourth-order valence-electron chi connectivity index (χ4n) is 1.77. The van der Waals surface area contributed by atoms with E-state index in [-0.39, 0.29) is 6.04 Å². The van der Waals surface area contributed by atoms with Crippen molar-refractivity contribution in [3.63, 3.8) is 0 Å². The molecule has 3 heteroatoms. The number of aromatic nitrogens is 3. The van der Waals surface area contributed by atoms with Gasteiger partial charge in [0.25, 0.3) is 0 Å². The summed E-state index contributed by atoms with van der Waals surface area (Å²) in [6.45, 7) is 6.05. The van der Waals surface area contributed by atoms with E-state index in [0.717, 1.165) is 17.5 Å². The SMILES string of the molecule is C=CC(CCCC)n1nc2ccccc2n1. The summed E-state index contributed by atoms with van der Waals surface area (Å²) in [5.74, 6) is 0. The van der Waals surface area contributed by atoms with Gasteiger partial charge < -0.3 is 0 Å². The van der Waals surface area contributed by atoms with E-state index in [1.807, 2.05) is 30.3 Å². The lowest BCUT2D eigenvalue weighted by Gasteiger charge is -2.09. The van der Waals surface area contributed by atoms with Crippen molar-refractivity contribution in [1.82, 2.24) is 15.0 Å². The molecule has 2 aromatic rings. The molecular formula is C13H17N3. The second kappa shape index (κ2) is 4.92. The Balaban J connectivity index is 2.26. The Bertz CT molecular complexity index is 440. The first kappa shape index (κ1) is 10.9. The Morgan fingerprint density at radius 1 is 1.31 bits per heavy atom. The minimum atomic E-state index is 0.215. The Hall–Kier alpha value is -1.64. The number of hydrogen-bond donors (Lipinski definition) is 0. The Morgan fingerprint density at radius 2 is 1.94 bits per heavy atom. The van der Waals surface area contributed by atoms with Gasteiger partial charge in [-0.05, 0) is 18.6 Å². The van der Waals surface area contributed by atoms with E-state index < -0.39 is 0 Å². The van der Waals surface area contributed by atoms with Crippen LogP contribution in [0.4, 0.5) is 0 Å². The molecule has 0 aliphatic carbocycles. The highest BCUT2D eigenvalue weighted by Crippen LogP contribution is 2.17. The van der Waals surface area contributed by atoms with Gasteiger partial charge in [-0.25, -0.2) is 0 Å². The zero-order chi connectivity index (χ0) is 11.4. The maximum absolute atomic E-state index is 4.47. The first-order chi connectivity index (χ1) is 7.85. The minimum Gasteiger partial charge on any atom is -0.177 e. The Morgan fingerprint density at radius 3 is 2.44 bits per heavy atom. The van der Waals surface area contributed by atoms with Gasteiger partial charge in [0.2, 0.25) is 0 Å². The molecule has 0 radical (unpaired) electrons. The lowest BCUT2D eigenvalue weighted by molar-refractivity contribution is 0.440. The Kier molecular flexibility index (Phi) is 3.34. The van der Waals surface area contributed by atoms with Gasteiger partial charge in [-0.1, -0.05) is 38.0 Å². The molecule has 3 nitrogen and oxygen atoms in total. The standard InChI is InChI=1S/C13H17N3/c1-3-5-8-11(4-2)16-14-12-9-6-7-10-13(12)15-16/h4,6-7,9-11H,2-3,5,8H2,1H3. The number of fused-ring (bicyclic) bond motifs is 1. The third-order valence-corrected chi connectivity index (χ3v) is 2.72. The van der Waals surface area contributed by atoms with Crippen LogP contribution in [0.15, 0.2) is 36.9 Å². The largest absolute Gasteiger partial charge is 0.177 e. The molecule has 2 rings (SSSR count). The van der Waals surface area contributed by atoms with E-state index in [1.54, 1.807) is 4.80 Å². The first-order valence-corrected chi connectivity index (χ1v) is 5.79. The molecule has 0 aliphatic rings. The maximum Gasteiger partial charge on any atom is 0.113 e. The molecule has 1 atom stereocenters. The molecule has 0 bridgehead atoms. The molecule has 0 saturated heterocycles. The van der Waals surface area contributed by atoms with Gasteiger partial charge in [-0.3, -0.25) is 0 Å². The van der Waals surface area contributed by atoms with Crippen LogP contribution in [0, 0.1) is 0 Å². The smallest absolute Gasteiger partial charge is 0.113 e. The summed E-state index contributed by atoms with van der Waals surface area (Å²) < 4.78 is 0. The van der Waals surface area contributed by atoms with Crippen LogP contribution in [-0.2, 0) is 0 Å². The van der Waals surface area contributed by atoms with Crippen molar-refractivity contribution in [3.8, 4) is 0 Å². The van der Waals surface area contributed by atoms with Crippen LogP contribution in [0.25, 0.3) is 11.0 Å². The molecule has 0 spiro atoms. The monoisotopic (exact) mass is 215 g/mol. The number of hydrogen-bond acceptors (Lipinski definition) is 2. The average Bonchev–Trinajstić information content (AvgIpc) is 2.73. The number of allylic oxidation sites excluding steroid dienone is 1. The summed E-state index contributed by atoms with van der Waals surface area (Å²) >= 11 is 0. The van der Waals surface area contributed by atoms with Crippen molar-refractivity contribution in [2.45, 2.75) is 32.2 Å². The molecule has 0 amide bonds. The summed E-state index contributed by atoms with van der Waals surface area (Å²) in [6.07, 6.45) is 5.34. The molecule has 1 aromatic heterocycles. The predicted molar refractivity (Wildman–Crippen MR) is 66.3 cm³/mol. The van der Waals surface area contributed by atoms with E-state index in [9.17, 15) is 0 Å². The van der Waals surface area contributed by atoms with Gasteiger partial charge in [-0.2, -0.15) is 15.0 Å². The average molecular weight is 215 g/mol. The van der Waals surface area contributed by atoms with Crippen molar-refractivity contribution >= 4 is 11.0 Å². The van der Waals surface area contributed by atoms with Gasteiger partial charge in [0.05, 0.1) is 6.04 Å². The van der Waals surface area contributed by atoms with Crippen LogP contribution < -0.4 is 0 Å². The minimum absolute atomic E-state index is 0.215. The summed E-state index contributed by atoms with van der Waals surface area (Å²) in [7, 11) is 0. The molecule has 0 saturated carbocycles. The zero-order valence-corrected chi connectivity index (χ0v) is 9.63.